The van der Waals surface area contributed by atoms with Gasteiger partial charge in [-0.05, 0) is 38.0 Å². The van der Waals surface area contributed by atoms with E-state index in [9.17, 15) is 0 Å². The summed E-state index contributed by atoms with van der Waals surface area (Å²) >= 11 is 6.07. The predicted molar refractivity (Wildman–Crippen MR) is 94.1 cm³/mol. The lowest BCUT2D eigenvalue weighted by Crippen LogP contribution is -2.11. The van der Waals surface area contributed by atoms with Gasteiger partial charge in [-0.25, -0.2) is 0 Å². The second kappa shape index (κ2) is 4.77. The summed E-state index contributed by atoms with van der Waals surface area (Å²) in [6, 6.07) is 16.2. The number of fused-ring (bicyclic) bond motifs is 4. The molecule has 0 radical (unpaired) electrons. The van der Waals surface area contributed by atoms with Crippen molar-refractivity contribution in [2.75, 3.05) is 0 Å². The molecular formula is C19H15ClN4. The molecule has 5 heteroatoms. The van der Waals surface area contributed by atoms with Crippen LogP contribution in [0.4, 0.5) is 0 Å². The van der Waals surface area contributed by atoms with E-state index in [4.69, 9.17) is 16.6 Å². The predicted octanol–water partition coefficient (Wildman–Crippen LogP) is 4.07. The zero-order valence-corrected chi connectivity index (χ0v) is 14.0. The second-order valence-corrected chi connectivity index (χ2v) is 6.86. The van der Waals surface area contributed by atoms with E-state index < -0.39 is 0 Å². The van der Waals surface area contributed by atoms with Crippen LogP contribution in [0.25, 0.3) is 5.69 Å². The van der Waals surface area contributed by atoms with Crippen molar-refractivity contribution < 1.29 is 0 Å². The highest BCUT2D eigenvalue weighted by Gasteiger charge is 2.51. The average molecular weight is 335 g/mol. The molecule has 1 spiro atoms. The fraction of sp³-hybridized carbons (Fsp3) is 0.211. The fourth-order valence-corrected chi connectivity index (χ4v) is 3.55. The molecule has 0 atom stereocenters. The van der Waals surface area contributed by atoms with Crippen molar-refractivity contribution in [1.29, 1.82) is 0 Å². The molecular weight excluding hydrogens is 320 g/mol. The highest BCUT2D eigenvalue weighted by Crippen LogP contribution is 2.51. The molecule has 0 unspecified atom stereocenters. The summed E-state index contributed by atoms with van der Waals surface area (Å²) in [6.45, 7) is 2.00. The van der Waals surface area contributed by atoms with Crippen molar-refractivity contribution in [3.8, 4) is 5.69 Å². The highest BCUT2D eigenvalue weighted by molar-refractivity contribution is 6.30. The molecule has 1 aromatic heterocycles. The minimum atomic E-state index is -0.241. The Bertz CT molecular complexity index is 981. The lowest BCUT2D eigenvalue weighted by atomic mass is 10.0. The van der Waals surface area contributed by atoms with Gasteiger partial charge in [-0.15, -0.1) is 10.2 Å². The van der Waals surface area contributed by atoms with E-state index in [1.807, 2.05) is 37.3 Å². The van der Waals surface area contributed by atoms with Crippen LogP contribution in [0.1, 0.15) is 35.6 Å². The topological polar surface area (TPSA) is 43.1 Å². The molecule has 5 rings (SSSR count). The summed E-state index contributed by atoms with van der Waals surface area (Å²) in [4.78, 5) is 5.17. The van der Waals surface area contributed by atoms with E-state index >= 15 is 0 Å². The fourth-order valence-electron chi connectivity index (χ4n) is 3.43. The molecule has 1 fully saturated rings. The van der Waals surface area contributed by atoms with Gasteiger partial charge in [0.15, 0.2) is 5.82 Å². The van der Waals surface area contributed by atoms with E-state index in [2.05, 4.69) is 33.0 Å². The monoisotopic (exact) mass is 334 g/mol. The van der Waals surface area contributed by atoms with Crippen molar-refractivity contribution in [2.24, 2.45) is 4.99 Å². The highest BCUT2D eigenvalue weighted by atomic mass is 35.5. The van der Waals surface area contributed by atoms with Crippen LogP contribution in [-0.4, -0.2) is 20.5 Å². The standard InChI is InChI=1S/C19H15ClN4/c1-12-22-23-18-19(10-11-19)21-17(13-6-8-14(20)9-7-13)15-4-2-3-5-16(15)24(12)18/h2-9H,10-11H2,1H3. The maximum atomic E-state index is 6.07. The summed E-state index contributed by atoms with van der Waals surface area (Å²) in [5.74, 6) is 1.85. The van der Waals surface area contributed by atoms with Crippen LogP contribution in [0.15, 0.2) is 53.5 Å². The molecule has 1 saturated carbocycles. The van der Waals surface area contributed by atoms with Crippen LogP contribution in [0.5, 0.6) is 0 Å². The largest absolute Gasteiger partial charge is 0.280 e. The summed E-state index contributed by atoms with van der Waals surface area (Å²) < 4.78 is 2.16. The average Bonchev–Trinajstić information content (AvgIpc) is 3.30. The van der Waals surface area contributed by atoms with Crippen LogP contribution in [0.2, 0.25) is 5.02 Å². The number of aromatic nitrogens is 3. The molecule has 24 heavy (non-hydrogen) atoms. The van der Waals surface area contributed by atoms with Crippen molar-refractivity contribution >= 4 is 17.3 Å². The lowest BCUT2D eigenvalue weighted by Gasteiger charge is -2.12. The molecule has 1 aliphatic carbocycles. The summed E-state index contributed by atoms with van der Waals surface area (Å²) in [7, 11) is 0. The third-order valence-corrected chi connectivity index (χ3v) is 5.06. The minimum Gasteiger partial charge on any atom is -0.280 e. The van der Waals surface area contributed by atoms with Gasteiger partial charge in [0.25, 0.3) is 0 Å². The number of halogens is 1. The van der Waals surface area contributed by atoms with E-state index in [0.717, 1.165) is 52.0 Å². The number of benzene rings is 2. The molecule has 2 aliphatic rings. The first kappa shape index (κ1) is 13.9. The van der Waals surface area contributed by atoms with Gasteiger partial charge in [-0.3, -0.25) is 9.56 Å². The third kappa shape index (κ3) is 1.89. The summed E-state index contributed by atoms with van der Waals surface area (Å²) in [6.07, 6.45) is 2.02. The Kier molecular flexibility index (Phi) is 2.77. The second-order valence-electron chi connectivity index (χ2n) is 6.42. The minimum absolute atomic E-state index is 0.241. The Balaban J connectivity index is 1.83. The van der Waals surface area contributed by atoms with Crippen LogP contribution in [0.3, 0.4) is 0 Å². The van der Waals surface area contributed by atoms with E-state index in [-0.39, 0.29) is 5.54 Å². The zero-order chi connectivity index (χ0) is 16.3. The molecule has 0 amide bonds. The van der Waals surface area contributed by atoms with Gasteiger partial charge >= 0.3 is 0 Å². The number of para-hydroxylation sites is 1. The molecule has 0 saturated heterocycles. The van der Waals surface area contributed by atoms with Crippen LogP contribution < -0.4 is 0 Å². The van der Waals surface area contributed by atoms with Crippen molar-refractivity contribution in [1.82, 2.24) is 14.8 Å². The van der Waals surface area contributed by atoms with Gasteiger partial charge in [0.2, 0.25) is 0 Å². The van der Waals surface area contributed by atoms with Crippen molar-refractivity contribution in [2.45, 2.75) is 25.3 Å². The first-order valence-electron chi connectivity index (χ1n) is 8.06. The van der Waals surface area contributed by atoms with Gasteiger partial charge < -0.3 is 0 Å². The molecule has 118 valence electrons. The molecule has 0 bridgehead atoms. The Labute approximate surface area is 144 Å². The maximum Gasteiger partial charge on any atom is 0.165 e. The Morgan fingerprint density at radius 3 is 2.50 bits per heavy atom. The van der Waals surface area contributed by atoms with Gasteiger partial charge in [-0.2, -0.15) is 0 Å². The third-order valence-electron chi connectivity index (χ3n) is 4.81. The number of rotatable bonds is 1. The summed E-state index contributed by atoms with van der Waals surface area (Å²) in [5, 5.41) is 9.50. The van der Waals surface area contributed by atoms with Gasteiger partial charge in [-0.1, -0.05) is 41.9 Å². The molecule has 1 aliphatic heterocycles. The van der Waals surface area contributed by atoms with Gasteiger partial charge in [0, 0.05) is 16.1 Å². The first-order valence-corrected chi connectivity index (χ1v) is 8.44. The van der Waals surface area contributed by atoms with Crippen LogP contribution in [0, 0.1) is 6.92 Å². The normalized spacial score (nSPS) is 17.0. The molecule has 0 N–H and O–H groups in total. The van der Waals surface area contributed by atoms with Crippen LogP contribution in [-0.2, 0) is 5.54 Å². The number of aliphatic imine (C=N–C) groups is 1. The smallest absolute Gasteiger partial charge is 0.165 e. The van der Waals surface area contributed by atoms with Crippen molar-refractivity contribution in [3.63, 3.8) is 0 Å². The van der Waals surface area contributed by atoms with E-state index in [1.54, 1.807) is 0 Å². The van der Waals surface area contributed by atoms with E-state index in [0.29, 0.717) is 0 Å². The quantitative estimate of drug-likeness (QED) is 0.673. The molecule has 4 nitrogen and oxygen atoms in total. The Morgan fingerprint density at radius 1 is 1.00 bits per heavy atom. The maximum absolute atomic E-state index is 6.07. The number of aryl methyl sites for hydroxylation is 1. The molecule has 2 aromatic carbocycles. The number of nitrogens with zero attached hydrogens (tertiary/aromatic N) is 4. The first-order chi connectivity index (χ1) is 11.7. The number of hydrogen-bond acceptors (Lipinski definition) is 3. The molecule has 2 heterocycles. The zero-order valence-electron chi connectivity index (χ0n) is 13.2. The van der Waals surface area contributed by atoms with Crippen molar-refractivity contribution in [3.05, 3.63) is 76.3 Å². The summed E-state index contributed by atoms with van der Waals surface area (Å²) in [5.41, 5.74) is 4.04. The van der Waals surface area contributed by atoms with E-state index in [1.165, 1.54) is 0 Å². The van der Waals surface area contributed by atoms with Gasteiger partial charge in [0.05, 0.1) is 11.4 Å². The lowest BCUT2D eigenvalue weighted by molar-refractivity contribution is 0.659. The van der Waals surface area contributed by atoms with Crippen LogP contribution >= 0.6 is 11.6 Å². The molecule has 3 aromatic rings. The van der Waals surface area contributed by atoms with Gasteiger partial charge in [0.1, 0.15) is 11.4 Å². The Morgan fingerprint density at radius 2 is 1.75 bits per heavy atom. The number of hydrogen-bond donors (Lipinski definition) is 0. The SMILES string of the molecule is Cc1nnc2n1-c1ccccc1C(c1ccc(Cl)cc1)=NC21CC1. The Hall–Kier alpha value is -2.46.